The first-order valence-corrected chi connectivity index (χ1v) is 8.05. The molecule has 2 aromatic rings. The van der Waals surface area contributed by atoms with Crippen LogP contribution in [0.2, 0.25) is 0 Å². The summed E-state index contributed by atoms with van der Waals surface area (Å²) in [4.78, 5) is 13.9. The molecule has 0 saturated carbocycles. The number of carbonyl (C=O) groups excluding carboxylic acids is 1. The van der Waals surface area contributed by atoms with Crippen LogP contribution in [0, 0.1) is 5.92 Å². The predicted molar refractivity (Wildman–Crippen MR) is 85.9 cm³/mol. The van der Waals surface area contributed by atoms with Gasteiger partial charge in [0.1, 0.15) is 4.83 Å². The average Bonchev–Trinajstić information content (AvgIpc) is 2.96. The van der Waals surface area contributed by atoms with E-state index in [9.17, 15) is 9.90 Å². The first-order valence-electron chi connectivity index (χ1n) is 7.24. The van der Waals surface area contributed by atoms with E-state index in [2.05, 4.69) is 24.3 Å². The van der Waals surface area contributed by atoms with Crippen LogP contribution >= 0.6 is 11.3 Å². The fourth-order valence-corrected chi connectivity index (χ4v) is 3.12. The maximum atomic E-state index is 12.2. The summed E-state index contributed by atoms with van der Waals surface area (Å²) in [5, 5.41) is 18.1. The number of rotatable bonds is 5. The lowest BCUT2D eigenvalue weighted by molar-refractivity contribution is 0.0875. The average molecular weight is 309 g/mol. The van der Waals surface area contributed by atoms with Crippen molar-refractivity contribution in [2.45, 2.75) is 39.7 Å². The van der Waals surface area contributed by atoms with Crippen LogP contribution in [0.3, 0.4) is 0 Å². The molecule has 116 valence electrons. The highest BCUT2D eigenvalue weighted by molar-refractivity contribution is 7.20. The number of nitrogens with zero attached hydrogens (tertiary/aromatic N) is 2. The number of aliphatic hydroxyl groups excluding tert-OH is 1. The monoisotopic (exact) mass is 309 g/mol. The Morgan fingerprint density at radius 1 is 1.43 bits per heavy atom. The van der Waals surface area contributed by atoms with Crippen molar-refractivity contribution in [1.82, 2.24) is 15.1 Å². The summed E-state index contributed by atoms with van der Waals surface area (Å²) in [5.41, 5.74) is 1.02. The van der Waals surface area contributed by atoms with E-state index in [4.69, 9.17) is 0 Å². The lowest BCUT2D eigenvalue weighted by Crippen LogP contribution is -2.34. The second-order valence-corrected chi connectivity index (χ2v) is 7.05. The van der Waals surface area contributed by atoms with Crippen molar-refractivity contribution in [1.29, 1.82) is 0 Å². The lowest BCUT2D eigenvalue weighted by Gasteiger charge is -2.14. The van der Waals surface area contributed by atoms with Gasteiger partial charge in [-0.05, 0) is 17.9 Å². The summed E-state index contributed by atoms with van der Waals surface area (Å²) < 4.78 is 1.83. The number of aliphatic hydroxyl groups is 1. The zero-order chi connectivity index (χ0) is 15.7. The molecule has 0 aliphatic rings. The molecule has 5 nitrogen and oxygen atoms in total. The van der Waals surface area contributed by atoms with Crippen LogP contribution in [0.5, 0.6) is 0 Å². The molecule has 0 spiro atoms. The van der Waals surface area contributed by atoms with E-state index in [1.165, 1.54) is 11.3 Å². The normalized spacial score (nSPS) is 13.3. The van der Waals surface area contributed by atoms with E-state index < -0.39 is 6.10 Å². The van der Waals surface area contributed by atoms with Crippen LogP contribution in [0.15, 0.2) is 6.07 Å². The standard InChI is InChI=1S/C15H23N3O2S/c1-8(2)11(19)7-16-14(20)12-6-10-13(9(3)4)17-18(5)15(10)21-12/h6,8-9,11,19H,7H2,1-5H3,(H,16,20). The van der Waals surface area contributed by atoms with Gasteiger partial charge in [-0.3, -0.25) is 9.48 Å². The summed E-state index contributed by atoms with van der Waals surface area (Å²) in [6.07, 6.45) is -0.517. The minimum Gasteiger partial charge on any atom is -0.391 e. The molecule has 1 unspecified atom stereocenters. The van der Waals surface area contributed by atoms with E-state index >= 15 is 0 Å². The Kier molecular flexibility index (Phi) is 4.68. The number of thiophene rings is 1. The first-order chi connectivity index (χ1) is 9.81. The van der Waals surface area contributed by atoms with Gasteiger partial charge in [-0.1, -0.05) is 27.7 Å². The molecular weight excluding hydrogens is 286 g/mol. The number of aromatic nitrogens is 2. The molecule has 21 heavy (non-hydrogen) atoms. The van der Waals surface area contributed by atoms with Crippen molar-refractivity contribution < 1.29 is 9.90 Å². The molecule has 0 aliphatic heterocycles. The fourth-order valence-electron chi connectivity index (χ4n) is 2.12. The highest BCUT2D eigenvalue weighted by Crippen LogP contribution is 2.31. The lowest BCUT2D eigenvalue weighted by atomic mass is 10.1. The van der Waals surface area contributed by atoms with Crippen LogP contribution in [0.1, 0.15) is 49.0 Å². The van der Waals surface area contributed by atoms with Crippen LogP contribution in [-0.2, 0) is 7.05 Å². The first kappa shape index (κ1) is 16.0. The van der Waals surface area contributed by atoms with Gasteiger partial charge in [-0.15, -0.1) is 11.3 Å². The quantitative estimate of drug-likeness (QED) is 0.892. The molecule has 2 aromatic heterocycles. The van der Waals surface area contributed by atoms with Crippen molar-refractivity contribution in [2.24, 2.45) is 13.0 Å². The van der Waals surface area contributed by atoms with Gasteiger partial charge >= 0.3 is 0 Å². The van der Waals surface area contributed by atoms with Crippen molar-refractivity contribution in [3.05, 3.63) is 16.6 Å². The molecule has 0 aliphatic carbocycles. The third kappa shape index (κ3) is 3.27. The summed E-state index contributed by atoms with van der Waals surface area (Å²) in [6, 6.07) is 1.90. The van der Waals surface area contributed by atoms with Gasteiger partial charge in [0.05, 0.1) is 16.7 Å². The van der Waals surface area contributed by atoms with Crippen LogP contribution < -0.4 is 5.32 Å². The minimum absolute atomic E-state index is 0.129. The summed E-state index contributed by atoms with van der Waals surface area (Å²) in [5.74, 6) is 0.317. The van der Waals surface area contributed by atoms with Gasteiger partial charge in [0.15, 0.2) is 0 Å². The zero-order valence-corrected chi connectivity index (χ0v) is 14.0. The third-order valence-corrected chi connectivity index (χ3v) is 4.75. The second kappa shape index (κ2) is 6.15. The van der Waals surface area contributed by atoms with Crippen LogP contribution in [0.25, 0.3) is 10.2 Å². The van der Waals surface area contributed by atoms with Gasteiger partial charge in [-0.2, -0.15) is 5.10 Å². The van der Waals surface area contributed by atoms with Gasteiger partial charge in [0.25, 0.3) is 5.91 Å². The molecular formula is C15H23N3O2S. The van der Waals surface area contributed by atoms with E-state index in [0.29, 0.717) is 10.8 Å². The Hall–Kier alpha value is -1.40. The molecule has 0 saturated heterocycles. The van der Waals surface area contributed by atoms with E-state index in [1.807, 2.05) is 31.6 Å². The summed E-state index contributed by atoms with van der Waals surface area (Å²) in [7, 11) is 1.90. The minimum atomic E-state index is -0.517. The Labute approximate surface area is 129 Å². The summed E-state index contributed by atoms with van der Waals surface area (Å²) >= 11 is 1.44. The summed E-state index contributed by atoms with van der Waals surface area (Å²) in [6.45, 7) is 8.32. The van der Waals surface area contributed by atoms with Gasteiger partial charge < -0.3 is 10.4 Å². The highest BCUT2D eigenvalue weighted by atomic mass is 32.1. The molecule has 1 amide bonds. The molecule has 6 heteroatoms. The van der Waals surface area contributed by atoms with E-state index in [-0.39, 0.29) is 18.4 Å². The number of amides is 1. The van der Waals surface area contributed by atoms with Gasteiger partial charge in [0.2, 0.25) is 0 Å². The van der Waals surface area contributed by atoms with Gasteiger partial charge in [0, 0.05) is 19.0 Å². The SMILES string of the molecule is CC(C)c1nn(C)c2sc(C(=O)NCC(O)C(C)C)cc12. The van der Waals surface area contributed by atoms with E-state index in [1.54, 1.807) is 0 Å². The maximum absolute atomic E-state index is 12.2. The number of nitrogens with one attached hydrogen (secondary N) is 1. The van der Waals surface area contributed by atoms with E-state index in [0.717, 1.165) is 15.9 Å². The molecule has 0 radical (unpaired) electrons. The largest absolute Gasteiger partial charge is 0.391 e. The smallest absolute Gasteiger partial charge is 0.261 e. The molecule has 2 rings (SSSR count). The third-order valence-electron chi connectivity index (χ3n) is 3.55. The second-order valence-electron chi connectivity index (χ2n) is 6.01. The molecule has 2 heterocycles. The number of carbonyl (C=O) groups is 1. The van der Waals surface area contributed by atoms with Crippen molar-refractivity contribution in [3.63, 3.8) is 0 Å². The van der Waals surface area contributed by atoms with Crippen LogP contribution in [-0.4, -0.2) is 33.4 Å². The predicted octanol–water partition coefficient (Wildman–Crippen LogP) is 2.50. The molecule has 0 fully saturated rings. The Bertz CT molecular complexity index is 643. The van der Waals surface area contributed by atoms with Crippen molar-refractivity contribution in [2.75, 3.05) is 6.54 Å². The maximum Gasteiger partial charge on any atom is 0.261 e. The molecule has 0 aromatic carbocycles. The number of fused-ring (bicyclic) bond motifs is 1. The fraction of sp³-hybridized carbons (Fsp3) is 0.600. The number of hydrogen-bond acceptors (Lipinski definition) is 4. The zero-order valence-electron chi connectivity index (χ0n) is 13.2. The van der Waals surface area contributed by atoms with Crippen LogP contribution in [0.4, 0.5) is 0 Å². The Morgan fingerprint density at radius 2 is 2.10 bits per heavy atom. The number of hydrogen-bond donors (Lipinski definition) is 2. The van der Waals surface area contributed by atoms with Crippen molar-refractivity contribution >= 4 is 27.5 Å². The Morgan fingerprint density at radius 3 is 2.67 bits per heavy atom. The number of aryl methyl sites for hydroxylation is 1. The van der Waals surface area contributed by atoms with Crippen molar-refractivity contribution in [3.8, 4) is 0 Å². The topological polar surface area (TPSA) is 67.2 Å². The molecule has 1 atom stereocenters. The highest BCUT2D eigenvalue weighted by Gasteiger charge is 2.19. The molecule has 0 bridgehead atoms. The Balaban J connectivity index is 2.19. The van der Waals surface area contributed by atoms with Gasteiger partial charge in [-0.25, -0.2) is 0 Å². The molecule has 2 N–H and O–H groups in total.